The Morgan fingerprint density at radius 2 is 2.32 bits per heavy atom. The molecule has 5 heteroatoms. The predicted molar refractivity (Wildman–Crippen MR) is 74.1 cm³/mol. The zero-order chi connectivity index (χ0) is 13.6. The number of hydrogen-bond acceptors (Lipinski definition) is 2. The number of amides is 1. The molecule has 0 radical (unpaired) electrons. The lowest BCUT2D eigenvalue weighted by Crippen LogP contribution is -2.40. The van der Waals surface area contributed by atoms with Crippen LogP contribution < -0.4 is 5.32 Å². The summed E-state index contributed by atoms with van der Waals surface area (Å²) in [6.07, 6.45) is 6.86. The highest BCUT2D eigenvalue weighted by atomic mass is 35.5. The lowest BCUT2D eigenvalue weighted by atomic mass is 9.84. The van der Waals surface area contributed by atoms with Gasteiger partial charge in [-0.3, -0.25) is 9.48 Å². The van der Waals surface area contributed by atoms with E-state index >= 15 is 0 Å². The number of carbonyl (C=O) groups is 1. The zero-order valence-electron chi connectivity index (χ0n) is 11.4. The minimum absolute atomic E-state index is 0.111. The molecule has 19 heavy (non-hydrogen) atoms. The number of carbonyl (C=O) groups excluding carboxylic acids is 1. The molecule has 0 aromatic carbocycles. The molecule has 104 valence electrons. The van der Waals surface area contributed by atoms with Crippen molar-refractivity contribution in [3.63, 3.8) is 0 Å². The highest BCUT2D eigenvalue weighted by Crippen LogP contribution is 2.49. The van der Waals surface area contributed by atoms with Gasteiger partial charge in [-0.05, 0) is 43.9 Å². The summed E-state index contributed by atoms with van der Waals surface area (Å²) in [7, 11) is 1.74. The summed E-state index contributed by atoms with van der Waals surface area (Å²) in [6.45, 7) is 2.12. The summed E-state index contributed by atoms with van der Waals surface area (Å²) in [5, 5.41) is 7.53. The monoisotopic (exact) mass is 281 g/mol. The Kier molecular flexibility index (Phi) is 3.29. The third kappa shape index (κ3) is 2.27. The first-order valence-electron chi connectivity index (χ1n) is 7.04. The first kappa shape index (κ1) is 13.0. The van der Waals surface area contributed by atoms with Crippen LogP contribution in [0.5, 0.6) is 0 Å². The standard InChI is InChI=1S/C14H20ClN3O/c1-8(11-6-9-3-4-10(11)5-9)17-14(19)13-12(15)7-16-18(13)2/h7-11H,3-6H2,1-2H3,(H,17,19)/t8-,9+,10+,11+/m0/s1. The zero-order valence-corrected chi connectivity index (χ0v) is 12.2. The first-order valence-corrected chi connectivity index (χ1v) is 7.42. The Morgan fingerprint density at radius 3 is 2.84 bits per heavy atom. The van der Waals surface area contributed by atoms with Gasteiger partial charge < -0.3 is 5.32 Å². The van der Waals surface area contributed by atoms with Crippen LogP contribution in [0.2, 0.25) is 5.02 Å². The summed E-state index contributed by atoms with van der Waals surface area (Å²) in [5.41, 5.74) is 0.455. The largest absolute Gasteiger partial charge is 0.348 e. The van der Waals surface area contributed by atoms with Crippen molar-refractivity contribution in [1.82, 2.24) is 15.1 Å². The van der Waals surface area contributed by atoms with Crippen LogP contribution in [-0.4, -0.2) is 21.7 Å². The highest BCUT2D eigenvalue weighted by molar-refractivity contribution is 6.33. The van der Waals surface area contributed by atoms with E-state index in [9.17, 15) is 4.79 Å². The minimum atomic E-state index is -0.111. The van der Waals surface area contributed by atoms with Crippen molar-refractivity contribution < 1.29 is 4.79 Å². The molecule has 4 nitrogen and oxygen atoms in total. The van der Waals surface area contributed by atoms with E-state index in [1.807, 2.05) is 0 Å². The van der Waals surface area contributed by atoms with E-state index in [-0.39, 0.29) is 11.9 Å². The number of rotatable bonds is 3. The molecule has 3 rings (SSSR count). The Labute approximate surface area is 118 Å². The Bertz CT molecular complexity index is 479. The summed E-state index contributed by atoms with van der Waals surface area (Å²) in [5.74, 6) is 2.23. The van der Waals surface area contributed by atoms with Gasteiger partial charge in [-0.2, -0.15) is 5.10 Å². The number of halogens is 1. The van der Waals surface area contributed by atoms with Crippen LogP contribution in [0.1, 0.15) is 43.1 Å². The van der Waals surface area contributed by atoms with Crippen LogP contribution in [0.3, 0.4) is 0 Å². The maximum absolute atomic E-state index is 12.3. The molecule has 1 N–H and O–H groups in total. The van der Waals surface area contributed by atoms with Crippen LogP contribution in [0.15, 0.2) is 6.20 Å². The van der Waals surface area contributed by atoms with E-state index in [0.717, 1.165) is 11.8 Å². The molecule has 1 heterocycles. The minimum Gasteiger partial charge on any atom is -0.348 e. The van der Waals surface area contributed by atoms with Crippen molar-refractivity contribution in [2.24, 2.45) is 24.8 Å². The second-order valence-corrected chi connectivity index (χ2v) is 6.47. The quantitative estimate of drug-likeness (QED) is 0.926. The first-order chi connectivity index (χ1) is 9.06. The van der Waals surface area contributed by atoms with E-state index in [1.165, 1.54) is 36.6 Å². The number of fused-ring (bicyclic) bond motifs is 2. The lowest BCUT2D eigenvalue weighted by molar-refractivity contribution is 0.0906. The summed E-state index contributed by atoms with van der Waals surface area (Å²) in [6, 6.07) is 0.216. The lowest BCUT2D eigenvalue weighted by Gasteiger charge is -2.28. The fraction of sp³-hybridized carbons (Fsp3) is 0.714. The number of hydrogen-bond donors (Lipinski definition) is 1. The SMILES string of the molecule is C[C@H](NC(=O)c1c(Cl)cnn1C)[C@H]1C[C@@H]2CC[C@@H]1C2. The van der Waals surface area contributed by atoms with E-state index in [2.05, 4.69) is 17.3 Å². The summed E-state index contributed by atoms with van der Waals surface area (Å²) < 4.78 is 1.53. The molecule has 2 aliphatic rings. The van der Waals surface area contributed by atoms with Gasteiger partial charge in [0.15, 0.2) is 0 Å². The highest BCUT2D eigenvalue weighted by Gasteiger charge is 2.42. The maximum atomic E-state index is 12.3. The summed E-state index contributed by atoms with van der Waals surface area (Å²) >= 11 is 6.00. The van der Waals surface area contributed by atoms with Crippen molar-refractivity contribution >= 4 is 17.5 Å². The number of nitrogens with zero attached hydrogens (tertiary/aromatic N) is 2. The van der Waals surface area contributed by atoms with Gasteiger partial charge in [0.25, 0.3) is 5.91 Å². The van der Waals surface area contributed by atoms with Crippen molar-refractivity contribution in [3.05, 3.63) is 16.9 Å². The molecule has 0 saturated heterocycles. The molecule has 0 spiro atoms. The van der Waals surface area contributed by atoms with Crippen molar-refractivity contribution in [2.75, 3.05) is 0 Å². The Balaban J connectivity index is 1.67. The molecular weight excluding hydrogens is 262 g/mol. The molecule has 0 unspecified atom stereocenters. The molecule has 2 fully saturated rings. The van der Waals surface area contributed by atoms with Gasteiger partial charge in [-0.15, -0.1) is 0 Å². The molecular formula is C14H20ClN3O. The van der Waals surface area contributed by atoms with E-state index in [0.29, 0.717) is 16.6 Å². The van der Waals surface area contributed by atoms with Crippen LogP contribution in [0, 0.1) is 17.8 Å². The molecule has 1 aromatic rings. The van der Waals surface area contributed by atoms with Gasteiger partial charge in [0.2, 0.25) is 0 Å². The Hall–Kier alpha value is -1.03. The van der Waals surface area contributed by atoms with Crippen molar-refractivity contribution in [1.29, 1.82) is 0 Å². The molecule has 2 saturated carbocycles. The van der Waals surface area contributed by atoms with E-state index in [1.54, 1.807) is 7.05 Å². The Morgan fingerprint density at radius 1 is 1.53 bits per heavy atom. The van der Waals surface area contributed by atoms with Gasteiger partial charge >= 0.3 is 0 Å². The van der Waals surface area contributed by atoms with Crippen molar-refractivity contribution in [2.45, 2.75) is 38.6 Å². The van der Waals surface area contributed by atoms with E-state index < -0.39 is 0 Å². The molecule has 2 aliphatic carbocycles. The summed E-state index contributed by atoms with van der Waals surface area (Å²) in [4.78, 5) is 12.3. The second kappa shape index (κ2) is 4.82. The normalized spacial score (nSPS) is 30.6. The number of aryl methyl sites for hydroxylation is 1. The third-order valence-corrected chi connectivity index (χ3v) is 5.18. The van der Waals surface area contributed by atoms with Gasteiger partial charge in [0.05, 0.1) is 11.2 Å². The van der Waals surface area contributed by atoms with Crippen LogP contribution in [-0.2, 0) is 7.05 Å². The van der Waals surface area contributed by atoms with Gasteiger partial charge in [0.1, 0.15) is 5.69 Å². The topological polar surface area (TPSA) is 46.9 Å². The van der Waals surface area contributed by atoms with Gasteiger partial charge in [-0.25, -0.2) is 0 Å². The molecule has 2 bridgehead atoms. The third-order valence-electron chi connectivity index (χ3n) is 4.90. The predicted octanol–water partition coefficient (Wildman–Crippen LogP) is 2.63. The molecule has 1 amide bonds. The molecule has 4 atom stereocenters. The fourth-order valence-electron chi connectivity index (χ4n) is 3.95. The fourth-order valence-corrected chi connectivity index (χ4v) is 4.21. The number of aromatic nitrogens is 2. The number of nitrogens with one attached hydrogen (secondary N) is 1. The molecule has 0 aliphatic heterocycles. The smallest absolute Gasteiger partial charge is 0.271 e. The average Bonchev–Trinajstić information content (AvgIpc) is 3.05. The van der Waals surface area contributed by atoms with Crippen LogP contribution in [0.4, 0.5) is 0 Å². The maximum Gasteiger partial charge on any atom is 0.271 e. The average molecular weight is 282 g/mol. The van der Waals surface area contributed by atoms with Gasteiger partial charge in [0, 0.05) is 13.1 Å². The van der Waals surface area contributed by atoms with Crippen LogP contribution in [0.25, 0.3) is 0 Å². The van der Waals surface area contributed by atoms with Crippen molar-refractivity contribution in [3.8, 4) is 0 Å². The van der Waals surface area contributed by atoms with Crippen LogP contribution >= 0.6 is 11.6 Å². The second-order valence-electron chi connectivity index (χ2n) is 6.07. The molecule has 1 aromatic heterocycles. The van der Waals surface area contributed by atoms with E-state index in [4.69, 9.17) is 11.6 Å². The van der Waals surface area contributed by atoms with Gasteiger partial charge in [-0.1, -0.05) is 18.0 Å².